The van der Waals surface area contributed by atoms with Crippen LogP contribution in [0.3, 0.4) is 0 Å². The van der Waals surface area contributed by atoms with E-state index in [2.05, 4.69) is 20.8 Å². The van der Waals surface area contributed by atoms with Gasteiger partial charge < -0.3 is 9.84 Å². The minimum absolute atomic E-state index is 0.0385. The van der Waals surface area contributed by atoms with E-state index in [1.54, 1.807) is 7.11 Å². The fourth-order valence-corrected chi connectivity index (χ4v) is 3.57. The fourth-order valence-electron chi connectivity index (χ4n) is 3.57. The first-order valence-electron chi connectivity index (χ1n) is 7.70. The van der Waals surface area contributed by atoms with Gasteiger partial charge in [-0.15, -0.1) is 0 Å². The molecule has 0 saturated heterocycles. The molecular weight excluding hydrogens is 264 g/mol. The van der Waals surface area contributed by atoms with Crippen LogP contribution in [0.4, 0.5) is 0 Å². The van der Waals surface area contributed by atoms with Crippen LogP contribution in [-0.2, 0) is 4.79 Å². The van der Waals surface area contributed by atoms with Crippen molar-refractivity contribution in [1.82, 2.24) is 0 Å². The number of hydrogen-bond acceptors (Lipinski definition) is 2. The van der Waals surface area contributed by atoms with Crippen molar-refractivity contribution in [2.45, 2.75) is 46.0 Å². The maximum atomic E-state index is 11.7. The summed E-state index contributed by atoms with van der Waals surface area (Å²) in [6.45, 7) is 6.74. The number of para-hydroxylation sites is 1. The van der Waals surface area contributed by atoms with Gasteiger partial charge >= 0.3 is 5.97 Å². The van der Waals surface area contributed by atoms with Gasteiger partial charge in [0.1, 0.15) is 5.75 Å². The van der Waals surface area contributed by atoms with Crippen molar-refractivity contribution in [2.24, 2.45) is 17.3 Å². The SMILES string of the molecule is COc1ccccc1C1CC(C(C)(C)C)CCC1C(=O)O. The van der Waals surface area contributed by atoms with Crippen molar-refractivity contribution >= 4 is 5.97 Å². The molecule has 116 valence electrons. The number of carboxylic acids is 1. The predicted molar refractivity (Wildman–Crippen MR) is 83.7 cm³/mol. The first-order valence-corrected chi connectivity index (χ1v) is 7.70. The van der Waals surface area contributed by atoms with E-state index in [0.29, 0.717) is 5.92 Å². The van der Waals surface area contributed by atoms with Gasteiger partial charge in [0.25, 0.3) is 0 Å². The van der Waals surface area contributed by atoms with E-state index in [1.807, 2.05) is 24.3 Å². The lowest BCUT2D eigenvalue weighted by Gasteiger charge is -2.41. The average Bonchev–Trinajstić information content (AvgIpc) is 2.45. The molecule has 21 heavy (non-hydrogen) atoms. The lowest BCUT2D eigenvalue weighted by Crippen LogP contribution is -2.34. The van der Waals surface area contributed by atoms with Crippen LogP contribution in [0.5, 0.6) is 5.75 Å². The third-order valence-corrected chi connectivity index (χ3v) is 4.93. The second kappa shape index (κ2) is 6.08. The molecule has 0 bridgehead atoms. The average molecular weight is 290 g/mol. The maximum absolute atomic E-state index is 11.7. The number of carbonyl (C=O) groups is 1. The highest BCUT2D eigenvalue weighted by Crippen LogP contribution is 2.48. The van der Waals surface area contributed by atoms with Crippen molar-refractivity contribution in [2.75, 3.05) is 7.11 Å². The Morgan fingerprint density at radius 3 is 2.48 bits per heavy atom. The van der Waals surface area contributed by atoms with Gasteiger partial charge in [0.2, 0.25) is 0 Å². The molecule has 0 radical (unpaired) electrons. The summed E-state index contributed by atoms with van der Waals surface area (Å²) in [6, 6.07) is 7.85. The molecule has 1 saturated carbocycles. The molecule has 3 unspecified atom stereocenters. The molecule has 3 heteroatoms. The van der Waals surface area contributed by atoms with Crippen LogP contribution in [0.1, 0.15) is 51.5 Å². The van der Waals surface area contributed by atoms with Crippen molar-refractivity contribution < 1.29 is 14.6 Å². The third-order valence-electron chi connectivity index (χ3n) is 4.93. The zero-order valence-electron chi connectivity index (χ0n) is 13.4. The molecule has 3 atom stereocenters. The molecule has 1 aliphatic carbocycles. The summed E-state index contributed by atoms with van der Waals surface area (Å²) in [4.78, 5) is 11.7. The van der Waals surface area contributed by atoms with Gasteiger partial charge in [-0.25, -0.2) is 0 Å². The van der Waals surface area contributed by atoms with Gasteiger partial charge in [0.15, 0.2) is 0 Å². The van der Waals surface area contributed by atoms with E-state index in [4.69, 9.17) is 4.74 Å². The monoisotopic (exact) mass is 290 g/mol. The van der Waals surface area contributed by atoms with Crippen LogP contribution in [0.2, 0.25) is 0 Å². The minimum Gasteiger partial charge on any atom is -0.496 e. The lowest BCUT2D eigenvalue weighted by molar-refractivity contribution is -0.144. The second-order valence-electron chi connectivity index (χ2n) is 7.17. The van der Waals surface area contributed by atoms with Crippen LogP contribution >= 0.6 is 0 Å². The number of carboxylic acid groups (broad SMARTS) is 1. The highest BCUT2D eigenvalue weighted by atomic mass is 16.5. The van der Waals surface area contributed by atoms with Crippen LogP contribution < -0.4 is 4.74 Å². The minimum atomic E-state index is -0.682. The van der Waals surface area contributed by atoms with E-state index in [9.17, 15) is 9.90 Å². The number of rotatable bonds is 3. The normalized spacial score (nSPS) is 26.4. The van der Waals surface area contributed by atoms with Crippen LogP contribution in [0, 0.1) is 17.3 Å². The Kier molecular flexibility index (Phi) is 4.60. The van der Waals surface area contributed by atoms with Gasteiger partial charge in [0, 0.05) is 5.92 Å². The molecule has 0 amide bonds. The van der Waals surface area contributed by atoms with Crippen LogP contribution in [-0.4, -0.2) is 18.2 Å². The summed E-state index contributed by atoms with van der Waals surface area (Å²) in [6.07, 6.45) is 2.66. The first kappa shape index (κ1) is 15.9. The van der Waals surface area contributed by atoms with E-state index in [-0.39, 0.29) is 17.3 Å². The molecule has 0 spiro atoms. The smallest absolute Gasteiger partial charge is 0.307 e. The van der Waals surface area contributed by atoms with Crippen LogP contribution in [0.15, 0.2) is 24.3 Å². The molecule has 1 aromatic rings. The molecule has 1 aliphatic rings. The standard InChI is InChI=1S/C18H26O3/c1-18(2,3)12-9-10-14(17(19)20)15(11-12)13-7-5-6-8-16(13)21-4/h5-8,12,14-15H,9-11H2,1-4H3,(H,19,20). The zero-order valence-corrected chi connectivity index (χ0v) is 13.4. The zero-order chi connectivity index (χ0) is 15.6. The molecule has 1 aromatic carbocycles. The number of hydrogen-bond donors (Lipinski definition) is 1. The maximum Gasteiger partial charge on any atom is 0.307 e. The Hall–Kier alpha value is -1.51. The van der Waals surface area contributed by atoms with E-state index < -0.39 is 5.97 Å². The Morgan fingerprint density at radius 2 is 1.90 bits per heavy atom. The van der Waals surface area contributed by atoms with Crippen LogP contribution in [0.25, 0.3) is 0 Å². The first-order chi connectivity index (χ1) is 9.84. The number of ether oxygens (including phenoxy) is 1. The lowest BCUT2D eigenvalue weighted by atomic mass is 9.64. The summed E-state index contributed by atoms with van der Waals surface area (Å²) in [5.74, 6) is 0.404. The largest absolute Gasteiger partial charge is 0.496 e. The molecule has 1 N–H and O–H groups in total. The van der Waals surface area contributed by atoms with E-state index in [1.165, 1.54) is 0 Å². The van der Waals surface area contributed by atoms with Crippen molar-refractivity contribution in [3.63, 3.8) is 0 Å². The molecule has 0 heterocycles. The van der Waals surface area contributed by atoms with E-state index >= 15 is 0 Å². The number of aliphatic carboxylic acids is 1. The topological polar surface area (TPSA) is 46.5 Å². The predicted octanol–water partition coefficient (Wildman–Crippen LogP) is 4.33. The summed E-state index contributed by atoms with van der Waals surface area (Å²) >= 11 is 0. The Morgan fingerprint density at radius 1 is 1.24 bits per heavy atom. The van der Waals surface area contributed by atoms with Gasteiger partial charge in [-0.1, -0.05) is 39.0 Å². The highest BCUT2D eigenvalue weighted by Gasteiger charge is 2.40. The van der Waals surface area contributed by atoms with Gasteiger partial charge in [0.05, 0.1) is 13.0 Å². The quantitative estimate of drug-likeness (QED) is 0.901. The molecule has 1 fully saturated rings. The molecular formula is C18H26O3. The van der Waals surface area contributed by atoms with E-state index in [0.717, 1.165) is 30.6 Å². The van der Waals surface area contributed by atoms with Crippen molar-refractivity contribution in [3.8, 4) is 5.75 Å². The third kappa shape index (κ3) is 3.39. The fraction of sp³-hybridized carbons (Fsp3) is 0.611. The molecule has 0 aliphatic heterocycles. The Labute approximate surface area is 127 Å². The highest BCUT2D eigenvalue weighted by molar-refractivity contribution is 5.72. The number of methoxy groups -OCH3 is 1. The number of benzene rings is 1. The summed E-state index contributed by atoms with van der Waals surface area (Å²) in [5, 5.41) is 9.58. The Balaban J connectivity index is 2.36. The van der Waals surface area contributed by atoms with Crippen molar-refractivity contribution in [3.05, 3.63) is 29.8 Å². The Bertz CT molecular complexity index is 501. The molecule has 0 aromatic heterocycles. The second-order valence-corrected chi connectivity index (χ2v) is 7.17. The van der Waals surface area contributed by atoms with Gasteiger partial charge in [-0.05, 0) is 42.2 Å². The summed E-state index contributed by atoms with van der Waals surface area (Å²) in [5.41, 5.74) is 1.25. The molecule has 3 nitrogen and oxygen atoms in total. The van der Waals surface area contributed by atoms with Gasteiger partial charge in [-0.2, -0.15) is 0 Å². The molecule has 2 rings (SSSR count). The summed E-state index contributed by atoms with van der Waals surface area (Å²) < 4.78 is 5.45. The van der Waals surface area contributed by atoms with Gasteiger partial charge in [-0.3, -0.25) is 4.79 Å². The summed E-state index contributed by atoms with van der Waals surface area (Å²) in [7, 11) is 1.65. The van der Waals surface area contributed by atoms with Crippen molar-refractivity contribution in [1.29, 1.82) is 0 Å².